The summed E-state index contributed by atoms with van der Waals surface area (Å²) in [5, 5.41) is 3.45. The summed E-state index contributed by atoms with van der Waals surface area (Å²) in [6.07, 6.45) is 2.15. The number of nitrogens with one attached hydrogen (secondary N) is 1. The predicted octanol–water partition coefficient (Wildman–Crippen LogP) is 4.08. The number of benzene rings is 1. The summed E-state index contributed by atoms with van der Waals surface area (Å²) in [5.41, 5.74) is 2.51. The number of anilines is 3. The molecule has 2 aromatic heterocycles. The molecule has 1 aromatic carbocycles. The zero-order valence-electron chi connectivity index (χ0n) is 16.7. The van der Waals surface area contributed by atoms with Crippen LogP contribution in [-0.2, 0) is 0 Å². The zero-order valence-corrected chi connectivity index (χ0v) is 17.4. The van der Waals surface area contributed by atoms with Crippen LogP contribution in [0.15, 0.2) is 48.8 Å². The summed E-state index contributed by atoms with van der Waals surface area (Å²) in [6, 6.07) is 12.7. The smallest absolute Gasteiger partial charge is 0.328 e. The van der Waals surface area contributed by atoms with Crippen molar-refractivity contribution in [1.29, 1.82) is 0 Å². The zero-order chi connectivity index (χ0) is 21.1. The Labute approximate surface area is 179 Å². The van der Waals surface area contributed by atoms with Gasteiger partial charge in [-0.2, -0.15) is 0 Å². The molecule has 1 aliphatic rings. The number of carbonyl (C=O) groups is 1. The molecule has 8 nitrogen and oxygen atoms in total. The number of aromatic nitrogens is 3. The molecule has 0 spiro atoms. The number of nitrogens with zero attached hydrogens (tertiary/aromatic N) is 5. The fraction of sp³-hybridized carbons (Fsp3) is 0.238. The maximum Gasteiger partial charge on any atom is 0.328 e. The molecule has 30 heavy (non-hydrogen) atoms. The molecule has 0 saturated heterocycles. The lowest BCUT2D eigenvalue weighted by atomic mass is 10.1. The molecule has 3 heterocycles. The molecular weight excluding hydrogens is 404 g/mol. The van der Waals surface area contributed by atoms with Crippen molar-refractivity contribution in [3.8, 4) is 17.1 Å². The molecule has 9 heteroatoms. The first-order valence-corrected chi connectivity index (χ1v) is 9.85. The maximum absolute atomic E-state index is 13.1. The molecule has 2 amide bonds. The van der Waals surface area contributed by atoms with E-state index in [9.17, 15) is 4.79 Å². The minimum atomic E-state index is -0.317. The lowest BCUT2D eigenvalue weighted by Gasteiger charge is -2.24. The first-order chi connectivity index (χ1) is 14.5. The highest BCUT2D eigenvalue weighted by molar-refractivity contribution is 6.30. The van der Waals surface area contributed by atoms with Gasteiger partial charge in [-0.25, -0.2) is 19.7 Å². The number of fused-ring (bicyclic) bond motifs is 1. The second kappa shape index (κ2) is 8.54. The summed E-state index contributed by atoms with van der Waals surface area (Å²) >= 11 is 6.15. The van der Waals surface area contributed by atoms with Crippen LogP contribution in [0.5, 0.6) is 5.88 Å². The van der Waals surface area contributed by atoms with Crippen LogP contribution in [0.4, 0.5) is 22.1 Å². The topological polar surface area (TPSA) is 83.5 Å². The number of carbonyl (C=O) groups excluding carboxylic acids is 1. The summed E-state index contributed by atoms with van der Waals surface area (Å²) in [5.74, 6) is 1.32. The third-order valence-electron chi connectivity index (χ3n) is 4.85. The first-order valence-electron chi connectivity index (χ1n) is 9.48. The highest BCUT2D eigenvalue weighted by Crippen LogP contribution is 2.33. The molecule has 0 saturated carbocycles. The number of methoxy groups -OCH3 is 1. The second-order valence-corrected chi connectivity index (χ2v) is 7.29. The van der Waals surface area contributed by atoms with E-state index < -0.39 is 0 Å². The molecule has 0 radical (unpaired) electrons. The molecule has 0 bridgehead atoms. The molecule has 154 valence electrons. The van der Waals surface area contributed by atoms with Crippen molar-refractivity contribution < 1.29 is 9.53 Å². The molecule has 0 unspecified atom stereocenters. The van der Waals surface area contributed by atoms with Gasteiger partial charge in [0.2, 0.25) is 5.88 Å². The Bertz CT molecular complexity index is 1080. The SMILES string of the molecule is COc1cc(NC(=O)N2CCCN(C)c3ccc(-c4cccc(Cl)c4)nc32)ncn1. The Balaban J connectivity index is 1.70. The van der Waals surface area contributed by atoms with Gasteiger partial charge in [0.05, 0.1) is 18.5 Å². The van der Waals surface area contributed by atoms with Crippen LogP contribution in [0.2, 0.25) is 5.02 Å². The van der Waals surface area contributed by atoms with Gasteiger partial charge in [0.25, 0.3) is 0 Å². The Morgan fingerprint density at radius 1 is 1.17 bits per heavy atom. The van der Waals surface area contributed by atoms with E-state index in [1.807, 2.05) is 43.4 Å². The number of hydrogen-bond acceptors (Lipinski definition) is 6. The van der Waals surface area contributed by atoms with Crippen molar-refractivity contribution >= 4 is 35.0 Å². The van der Waals surface area contributed by atoms with E-state index in [4.69, 9.17) is 21.3 Å². The molecule has 1 N–H and O–H groups in total. The summed E-state index contributed by atoms with van der Waals surface area (Å²) in [7, 11) is 3.51. The molecule has 4 rings (SSSR count). The van der Waals surface area contributed by atoms with Crippen molar-refractivity contribution in [3.05, 3.63) is 53.8 Å². The van der Waals surface area contributed by atoms with Crippen LogP contribution in [-0.4, -0.2) is 48.2 Å². The van der Waals surface area contributed by atoms with Gasteiger partial charge >= 0.3 is 6.03 Å². The van der Waals surface area contributed by atoms with Gasteiger partial charge in [-0.15, -0.1) is 0 Å². The van der Waals surface area contributed by atoms with Crippen molar-refractivity contribution in [2.75, 3.05) is 42.4 Å². The van der Waals surface area contributed by atoms with Gasteiger partial charge in [0.15, 0.2) is 5.82 Å². The molecular formula is C21H21ClN6O2. The largest absolute Gasteiger partial charge is 0.481 e. The van der Waals surface area contributed by atoms with Gasteiger partial charge in [0.1, 0.15) is 12.1 Å². The molecule has 0 fully saturated rings. The van der Waals surface area contributed by atoms with Crippen molar-refractivity contribution in [3.63, 3.8) is 0 Å². The lowest BCUT2D eigenvalue weighted by Crippen LogP contribution is -2.36. The fourth-order valence-corrected chi connectivity index (χ4v) is 3.52. The van der Waals surface area contributed by atoms with E-state index in [0.29, 0.717) is 29.1 Å². The number of amides is 2. The van der Waals surface area contributed by atoms with E-state index in [1.165, 1.54) is 13.4 Å². The van der Waals surface area contributed by atoms with Crippen LogP contribution in [0.3, 0.4) is 0 Å². The summed E-state index contributed by atoms with van der Waals surface area (Å²) < 4.78 is 5.10. The first kappa shape index (κ1) is 19.9. The van der Waals surface area contributed by atoms with Crippen LogP contribution < -0.4 is 19.9 Å². The van der Waals surface area contributed by atoms with Gasteiger partial charge in [-0.3, -0.25) is 10.2 Å². The normalized spacial score (nSPS) is 13.4. The average Bonchev–Trinajstić information content (AvgIpc) is 2.92. The second-order valence-electron chi connectivity index (χ2n) is 6.85. The quantitative estimate of drug-likeness (QED) is 0.682. The number of pyridine rings is 1. The minimum absolute atomic E-state index is 0.317. The van der Waals surface area contributed by atoms with Crippen LogP contribution in [0.1, 0.15) is 6.42 Å². The highest BCUT2D eigenvalue weighted by atomic mass is 35.5. The Morgan fingerprint density at radius 2 is 2.03 bits per heavy atom. The number of ether oxygens (including phenoxy) is 1. The van der Waals surface area contributed by atoms with Gasteiger partial charge in [-0.05, 0) is 30.7 Å². The molecule has 0 atom stereocenters. The van der Waals surface area contributed by atoms with Crippen molar-refractivity contribution in [2.24, 2.45) is 0 Å². The third kappa shape index (κ3) is 4.13. The van der Waals surface area contributed by atoms with E-state index in [2.05, 4.69) is 20.2 Å². The van der Waals surface area contributed by atoms with E-state index in [0.717, 1.165) is 29.9 Å². The maximum atomic E-state index is 13.1. The number of hydrogen-bond donors (Lipinski definition) is 1. The third-order valence-corrected chi connectivity index (χ3v) is 5.08. The highest BCUT2D eigenvalue weighted by Gasteiger charge is 2.26. The predicted molar refractivity (Wildman–Crippen MR) is 118 cm³/mol. The van der Waals surface area contributed by atoms with Crippen molar-refractivity contribution in [1.82, 2.24) is 15.0 Å². The molecule has 1 aliphatic heterocycles. The fourth-order valence-electron chi connectivity index (χ4n) is 3.33. The lowest BCUT2D eigenvalue weighted by molar-refractivity contribution is 0.256. The minimum Gasteiger partial charge on any atom is -0.481 e. The number of rotatable bonds is 3. The average molecular weight is 425 g/mol. The Morgan fingerprint density at radius 3 is 2.83 bits per heavy atom. The Hall–Kier alpha value is -3.39. The van der Waals surface area contributed by atoms with Gasteiger partial charge < -0.3 is 9.64 Å². The number of halogens is 1. The summed E-state index contributed by atoms with van der Waals surface area (Å²) in [4.78, 5) is 29.7. The van der Waals surface area contributed by atoms with Crippen LogP contribution in [0.25, 0.3) is 11.3 Å². The monoisotopic (exact) mass is 424 g/mol. The molecule has 0 aliphatic carbocycles. The summed E-state index contributed by atoms with van der Waals surface area (Å²) in [6.45, 7) is 1.34. The van der Waals surface area contributed by atoms with Crippen molar-refractivity contribution in [2.45, 2.75) is 6.42 Å². The van der Waals surface area contributed by atoms with Crippen LogP contribution in [0, 0.1) is 0 Å². The van der Waals surface area contributed by atoms with E-state index in [-0.39, 0.29) is 6.03 Å². The Kier molecular flexibility index (Phi) is 5.67. The van der Waals surface area contributed by atoms with E-state index >= 15 is 0 Å². The van der Waals surface area contributed by atoms with Crippen LogP contribution >= 0.6 is 11.6 Å². The van der Waals surface area contributed by atoms with E-state index in [1.54, 1.807) is 11.0 Å². The standard InChI is InChI=1S/C21H21ClN6O2/c1-27-9-4-10-28(21(29)26-18-12-19(30-2)24-13-23-18)20-17(27)8-7-16(25-20)14-5-3-6-15(22)11-14/h3,5-8,11-13H,4,9-10H2,1-2H3,(H,23,24,26,29). The molecule has 3 aromatic rings. The van der Waals surface area contributed by atoms with Gasteiger partial charge in [0, 0.05) is 36.8 Å². The van der Waals surface area contributed by atoms with Gasteiger partial charge in [-0.1, -0.05) is 23.7 Å². The number of urea groups is 1.